The first-order valence-electron chi connectivity index (χ1n) is 8.93. The maximum atomic E-state index is 12.3. The Kier molecular flexibility index (Phi) is 6.60. The number of anilines is 1. The highest BCUT2D eigenvalue weighted by molar-refractivity contribution is 5.94. The average molecular weight is 373 g/mol. The second kappa shape index (κ2) is 8.70. The number of rotatable bonds is 7. The quantitative estimate of drug-likeness (QED) is 0.753. The van der Waals surface area contributed by atoms with Gasteiger partial charge in [0.2, 0.25) is 0 Å². The number of ether oxygens (including phenoxy) is 2. The maximum absolute atomic E-state index is 12.3. The summed E-state index contributed by atoms with van der Waals surface area (Å²) in [4.78, 5) is 24.3. The fourth-order valence-corrected chi connectivity index (χ4v) is 2.86. The van der Waals surface area contributed by atoms with Gasteiger partial charge >= 0.3 is 5.97 Å². The summed E-state index contributed by atoms with van der Waals surface area (Å²) >= 11 is 0. The van der Waals surface area contributed by atoms with Crippen LogP contribution in [0.1, 0.15) is 43.5 Å². The molecule has 1 aromatic heterocycles. The molecule has 0 unspecified atom stereocenters. The standard InChI is InChI=1S/C20H27N3O4/c1-12(2)23-17(7-8-21-23)22-20(25)16(6)27-18(24)11-26-19-14(4)9-13(3)10-15(19)5/h7-10,12,16H,11H2,1-6H3,(H,22,25)/t16-/m1/s1. The summed E-state index contributed by atoms with van der Waals surface area (Å²) in [5.41, 5.74) is 3.03. The van der Waals surface area contributed by atoms with Gasteiger partial charge in [-0.15, -0.1) is 0 Å². The van der Waals surface area contributed by atoms with Crippen LogP contribution in [0.3, 0.4) is 0 Å². The van der Waals surface area contributed by atoms with Crippen molar-refractivity contribution < 1.29 is 19.1 Å². The topological polar surface area (TPSA) is 82.4 Å². The molecule has 2 rings (SSSR count). The molecule has 1 N–H and O–H groups in total. The van der Waals surface area contributed by atoms with Crippen LogP contribution in [-0.2, 0) is 14.3 Å². The van der Waals surface area contributed by atoms with Gasteiger partial charge in [0.15, 0.2) is 12.7 Å². The lowest BCUT2D eigenvalue weighted by atomic mass is 10.1. The van der Waals surface area contributed by atoms with E-state index in [1.807, 2.05) is 46.8 Å². The minimum Gasteiger partial charge on any atom is -0.481 e. The van der Waals surface area contributed by atoms with Crippen LogP contribution in [0.15, 0.2) is 24.4 Å². The molecule has 27 heavy (non-hydrogen) atoms. The number of amides is 1. The van der Waals surface area contributed by atoms with Gasteiger partial charge in [-0.3, -0.25) is 4.79 Å². The molecule has 1 atom stereocenters. The zero-order valence-corrected chi connectivity index (χ0v) is 16.7. The third-order valence-electron chi connectivity index (χ3n) is 4.03. The molecule has 1 aromatic carbocycles. The Balaban J connectivity index is 1.90. The number of aromatic nitrogens is 2. The van der Waals surface area contributed by atoms with Crippen molar-refractivity contribution in [3.8, 4) is 5.75 Å². The molecular formula is C20H27N3O4. The van der Waals surface area contributed by atoms with E-state index < -0.39 is 18.0 Å². The summed E-state index contributed by atoms with van der Waals surface area (Å²) < 4.78 is 12.5. The van der Waals surface area contributed by atoms with E-state index in [4.69, 9.17) is 9.47 Å². The second-order valence-corrected chi connectivity index (χ2v) is 6.89. The summed E-state index contributed by atoms with van der Waals surface area (Å²) in [6.45, 7) is 11.0. The van der Waals surface area contributed by atoms with E-state index in [2.05, 4.69) is 10.4 Å². The van der Waals surface area contributed by atoms with Gasteiger partial charge in [0.1, 0.15) is 11.6 Å². The molecule has 7 nitrogen and oxygen atoms in total. The Bertz CT molecular complexity index is 803. The van der Waals surface area contributed by atoms with E-state index in [0.29, 0.717) is 11.6 Å². The number of nitrogens with zero attached hydrogens (tertiary/aromatic N) is 2. The third kappa shape index (κ3) is 5.32. The number of aryl methyl sites for hydroxylation is 3. The lowest BCUT2D eigenvalue weighted by Crippen LogP contribution is -2.32. The fourth-order valence-electron chi connectivity index (χ4n) is 2.86. The van der Waals surface area contributed by atoms with E-state index in [9.17, 15) is 9.59 Å². The minimum absolute atomic E-state index is 0.0996. The van der Waals surface area contributed by atoms with E-state index in [-0.39, 0.29) is 12.6 Å². The van der Waals surface area contributed by atoms with E-state index in [0.717, 1.165) is 16.7 Å². The van der Waals surface area contributed by atoms with Gasteiger partial charge in [0.25, 0.3) is 5.91 Å². The van der Waals surface area contributed by atoms with Crippen molar-refractivity contribution in [3.05, 3.63) is 41.1 Å². The Morgan fingerprint density at radius 2 is 1.78 bits per heavy atom. The van der Waals surface area contributed by atoms with E-state index in [1.54, 1.807) is 16.9 Å². The number of carbonyl (C=O) groups excluding carboxylic acids is 2. The molecule has 1 amide bonds. The normalized spacial score (nSPS) is 12.0. The fraction of sp³-hybridized carbons (Fsp3) is 0.450. The average Bonchev–Trinajstić information content (AvgIpc) is 3.02. The Morgan fingerprint density at radius 3 is 2.37 bits per heavy atom. The zero-order valence-electron chi connectivity index (χ0n) is 16.7. The van der Waals surface area contributed by atoms with Gasteiger partial charge in [-0.25, -0.2) is 9.48 Å². The number of hydrogen-bond donors (Lipinski definition) is 1. The smallest absolute Gasteiger partial charge is 0.344 e. The molecule has 0 saturated carbocycles. The molecule has 0 aliphatic rings. The number of carbonyl (C=O) groups is 2. The van der Waals surface area contributed by atoms with Gasteiger partial charge in [0, 0.05) is 12.1 Å². The molecule has 2 aromatic rings. The van der Waals surface area contributed by atoms with Crippen LogP contribution in [0, 0.1) is 20.8 Å². The monoisotopic (exact) mass is 373 g/mol. The number of hydrogen-bond acceptors (Lipinski definition) is 5. The highest BCUT2D eigenvalue weighted by atomic mass is 16.6. The van der Waals surface area contributed by atoms with Crippen molar-refractivity contribution in [1.82, 2.24) is 9.78 Å². The number of esters is 1. The Labute approximate surface area is 159 Å². The first-order chi connectivity index (χ1) is 12.7. The summed E-state index contributed by atoms with van der Waals surface area (Å²) in [6.07, 6.45) is 0.656. The summed E-state index contributed by atoms with van der Waals surface area (Å²) in [7, 11) is 0. The van der Waals surface area contributed by atoms with Crippen molar-refractivity contribution in [2.24, 2.45) is 0 Å². The van der Waals surface area contributed by atoms with Gasteiger partial charge in [-0.05, 0) is 52.7 Å². The molecule has 0 radical (unpaired) electrons. The molecule has 0 saturated heterocycles. The SMILES string of the molecule is Cc1cc(C)c(OCC(=O)O[C@H](C)C(=O)Nc2ccnn2C(C)C)c(C)c1. The van der Waals surface area contributed by atoms with Crippen molar-refractivity contribution in [2.45, 2.75) is 53.7 Å². The molecular weight excluding hydrogens is 346 g/mol. The summed E-state index contributed by atoms with van der Waals surface area (Å²) in [5.74, 6) is 0.193. The van der Waals surface area contributed by atoms with Gasteiger partial charge in [-0.1, -0.05) is 17.7 Å². The van der Waals surface area contributed by atoms with Crippen LogP contribution >= 0.6 is 0 Å². The lowest BCUT2D eigenvalue weighted by Gasteiger charge is -2.16. The van der Waals surface area contributed by atoms with E-state index >= 15 is 0 Å². The third-order valence-corrected chi connectivity index (χ3v) is 4.03. The second-order valence-electron chi connectivity index (χ2n) is 6.89. The van der Waals surface area contributed by atoms with Gasteiger partial charge in [-0.2, -0.15) is 5.10 Å². The molecule has 146 valence electrons. The van der Waals surface area contributed by atoms with Crippen LogP contribution in [0.25, 0.3) is 0 Å². The van der Waals surface area contributed by atoms with Crippen molar-refractivity contribution in [3.63, 3.8) is 0 Å². The van der Waals surface area contributed by atoms with Crippen LogP contribution < -0.4 is 10.1 Å². The first-order valence-corrected chi connectivity index (χ1v) is 8.93. The maximum Gasteiger partial charge on any atom is 0.344 e. The zero-order chi connectivity index (χ0) is 20.1. The molecule has 0 aliphatic carbocycles. The van der Waals surface area contributed by atoms with Crippen LogP contribution in [0.5, 0.6) is 5.75 Å². The molecule has 0 aliphatic heterocycles. The highest BCUT2D eigenvalue weighted by Crippen LogP contribution is 2.24. The number of nitrogens with one attached hydrogen (secondary N) is 1. The molecule has 0 bridgehead atoms. The Morgan fingerprint density at radius 1 is 1.15 bits per heavy atom. The largest absolute Gasteiger partial charge is 0.481 e. The summed E-state index contributed by atoms with van der Waals surface area (Å²) in [6, 6.07) is 5.77. The molecule has 0 spiro atoms. The molecule has 1 heterocycles. The minimum atomic E-state index is -0.947. The predicted octanol–water partition coefficient (Wildman–Crippen LogP) is 3.34. The first kappa shape index (κ1) is 20.5. The van der Waals surface area contributed by atoms with Crippen molar-refractivity contribution in [2.75, 3.05) is 11.9 Å². The van der Waals surface area contributed by atoms with Crippen molar-refractivity contribution in [1.29, 1.82) is 0 Å². The predicted molar refractivity (Wildman–Crippen MR) is 103 cm³/mol. The van der Waals surface area contributed by atoms with Gasteiger partial charge in [0.05, 0.1) is 6.20 Å². The summed E-state index contributed by atoms with van der Waals surface area (Å²) in [5, 5.41) is 6.87. The van der Waals surface area contributed by atoms with E-state index in [1.165, 1.54) is 6.92 Å². The molecule has 0 fully saturated rings. The van der Waals surface area contributed by atoms with Crippen molar-refractivity contribution >= 4 is 17.7 Å². The number of benzene rings is 1. The highest BCUT2D eigenvalue weighted by Gasteiger charge is 2.20. The van der Waals surface area contributed by atoms with Crippen LogP contribution in [0.4, 0.5) is 5.82 Å². The van der Waals surface area contributed by atoms with Crippen LogP contribution in [0.2, 0.25) is 0 Å². The van der Waals surface area contributed by atoms with Crippen LogP contribution in [-0.4, -0.2) is 34.4 Å². The Hall–Kier alpha value is -2.83. The lowest BCUT2D eigenvalue weighted by molar-refractivity contribution is -0.155. The van der Waals surface area contributed by atoms with Gasteiger partial charge < -0.3 is 14.8 Å². The molecule has 7 heteroatoms.